The third-order valence-corrected chi connectivity index (χ3v) is 4.95. The molecule has 32 heavy (non-hydrogen) atoms. The van der Waals surface area contributed by atoms with Crippen molar-refractivity contribution < 1.29 is 32.5 Å². The van der Waals surface area contributed by atoms with Crippen LogP contribution in [0.2, 0.25) is 0 Å². The molecule has 0 radical (unpaired) electrons. The Hall–Kier alpha value is -3.96. The molecule has 1 unspecified atom stereocenters. The van der Waals surface area contributed by atoms with Crippen LogP contribution in [0.4, 0.5) is 30.2 Å². The maximum absolute atomic E-state index is 13.1. The largest absolute Gasteiger partial charge is 0.416 e. The first kappa shape index (κ1) is 22.7. The van der Waals surface area contributed by atoms with Crippen molar-refractivity contribution in [2.75, 3.05) is 24.3 Å². The monoisotopic (exact) mass is 450 g/mol. The molecule has 3 rings (SSSR count). The van der Waals surface area contributed by atoms with Crippen molar-refractivity contribution in [1.29, 1.82) is 0 Å². The zero-order valence-corrected chi connectivity index (χ0v) is 17.1. The fourth-order valence-corrected chi connectivity index (χ4v) is 3.35. The van der Waals surface area contributed by atoms with E-state index >= 15 is 0 Å². The molecule has 1 N–H and O–H groups in total. The minimum Gasteiger partial charge on any atom is -0.376 e. The van der Waals surface area contributed by atoms with Crippen LogP contribution in [0.5, 0.6) is 0 Å². The van der Waals surface area contributed by atoms with Crippen molar-refractivity contribution in [2.45, 2.75) is 19.1 Å². The summed E-state index contributed by atoms with van der Waals surface area (Å²) in [6.07, 6.45) is -4.66. The molecule has 1 atom stereocenters. The molecule has 0 bridgehead atoms. The molecule has 0 aromatic heterocycles. The Labute approximate surface area is 179 Å². The highest BCUT2D eigenvalue weighted by Crippen LogP contribution is 2.36. The van der Waals surface area contributed by atoms with Crippen LogP contribution in [0.25, 0.3) is 0 Å². The molecule has 168 valence electrons. The molecule has 2 aromatic rings. The molecule has 0 spiro atoms. The van der Waals surface area contributed by atoms with Gasteiger partial charge in [-0.25, -0.2) is 0 Å². The maximum Gasteiger partial charge on any atom is 0.416 e. The Kier molecular flexibility index (Phi) is 5.64. The van der Waals surface area contributed by atoms with Crippen LogP contribution < -0.4 is 10.2 Å². The van der Waals surface area contributed by atoms with Gasteiger partial charge in [0.15, 0.2) is 0 Å². The number of benzene rings is 2. The number of halogens is 3. The van der Waals surface area contributed by atoms with Crippen molar-refractivity contribution >= 4 is 34.8 Å². The van der Waals surface area contributed by atoms with Crippen LogP contribution in [0, 0.1) is 10.1 Å². The fraction of sp³-hybridized carbons (Fsp3) is 0.250. The number of anilines is 2. The van der Waals surface area contributed by atoms with Gasteiger partial charge in [-0.3, -0.25) is 29.4 Å². The van der Waals surface area contributed by atoms with E-state index in [0.29, 0.717) is 4.90 Å². The molecule has 1 aliphatic rings. The number of alkyl halides is 3. The SMILES string of the molecule is CC(C(=O)Nc1cc(C(F)(F)F)ccc1N(C)C)N1C(=O)c2cccc([N+](=O)[O-])c2C1=O. The summed E-state index contributed by atoms with van der Waals surface area (Å²) in [7, 11) is 3.12. The van der Waals surface area contributed by atoms with Gasteiger partial charge in [-0.1, -0.05) is 6.07 Å². The van der Waals surface area contributed by atoms with Gasteiger partial charge in [-0.2, -0.15) is 13.2 Å². The lowest BCUT2D eigenvalue weighted by molar-refractivity contribution is -0.385. The second-order valence-electron chi connectivity index (χ2n) is 7.23. The number of nitro benzene ring substituents is 1. The predicted molar refractivity (Wildman–Crippen MR) is 107 cm³/mol. The Balaban J connectivity index is 1.93. The number of nitrogens with zero attached hydrogens (tertiary/aromatic N) is 3. The third-order valence-electron chi connectivity index (χ3n) is 4.95. The van der Waals surface area contributed by atoms with Crippen LogP contribution in [0.3, 0.4) is 0 Å². The Morgan fingerprint density at radius 3 is 2.38 bits per heavy atom. The second kappa shape index (κ2) is 7.94. The number of carbonyl (C=O) groups excluding carboxylic acids is 3. The quantitative estimate of drug-likeness (QED) is 0.425. The summed E-state index contributed by atoms with van der Waals surface area (Å²) in [5.41, 5.74) is -2.15. The van der Waals surface area contributed by atoms with Gasteiger partial charge in [0.25, 0.3) is 17.5 Å². The number of rotatable bonds is 5. The number of nitro groups is 1. The number of amides is 3. The summed E-state index contributed by atoms with van der Waals surface area (Å²) in [6.45, 7) is 1.20. The predicted octanol–water partition coefficient (Wildman–Crippen LogP) is 3.30. The average Bonchev–Trinajstić information content (AvgIpc) is 2.96. The number of carbonyl (C=O) groups is 3. The minimum absolute atomic E-state index is 0.177. The number of hydrogen-bond acceptors (Lipinski definition) is 6. The maximum atomic E-state index is 13.1. The molecule has 0 saturated carbocycles. The van der Waals surface area contributed by atoms with E-state index < -0.39 is 51.7 Å². The van der Waals surface area contributed by atoms with Crippen LogP contribution in [0.15, 0.2) is 36.4 Å². The van der Waals surface area contributed by atoms with E-state index in [-0.39, 0.29) is 16.9 Å². The lowest BCUT2D eigenvalue weighted by Gasteiger charge is -2.24. The van der Waals surface area contributed by atoms with Crippen molar-refractivity contribution in [1.82, 2.24) is 4.90 Å². The van der Waals surface area contributed by atoms with E-state index in [1.54, 1.807) is 14.1 Å². The molecule has 0 saturated heterocycles. The summed E-state index contributed by atoms with van der Waals surface area (Å²) < 4.78 is 39.4. The average molecular weight is 450 g/mol. The number of nitrogens with one attached hydrogen (secondary N) is 1. The van der Waals surface area contributed by atoms with Gasteiger partial charge < -0.3 is 10.2 Å². The summed E-state index contributed by atoms with van der Waals surface area (Å²) in [5.74, 6) is -2.88. The first-order valence-electron chi connectivity index (χ1n) is 9.19. The molecule has 12 heteroatoms. The van der Waals surface area contributed by atoms with Crippen LogP contribution >= 0.6 is 0 Å². The van der Waals surface area contributed by atoms with Crippen LogP contribution in [-0.2, 0) is 11.0 Å². The Morgan fingerprint density at radius 2 is 1.81 bits per heavy atom. The summed E-state index contributed by atoms with van der Waals surface area (Å²) >= 11 is 0. The highest BCUT2D eigenvalue weighted by Gasteiger charge is 2.45. The van der Waals surface area contributed by atoms with E-state index in [9.17, 15) is 37.7 Å². The molecule has 1 aliphatic heterocycles. The van der Waals surface area contributed by atoms with E-state index in [2.05, 4.69) is 5.32 Å². The molecular weight excluding hydrogens is 433 g/mol. The first-order chi connectivity index (χ1) is 14.8. The Bertz CT molecular complexity index is 1150. The highest BCUT2D eigenvalue weighted by molar-refractivity contribution is 6.25. The van der Waals surface area contributed by atoms with Gasteiger partial charge in [-0.15, -0.1) is 0 Å². The lowest BCUT2D eigenvalue weighted by Crippen LogP contribution is -2.45. The summed E-state index contributed by atoms with van der Waals surface area (Å²) in [4.78, 5) is 50.7. The fourth-order valence-electron chi connectivity index (χ4n) is 3.35. The van der Waals surface area contributed by atoms with Gasteiger partial charge in [-0.05, 0) is 31.2 Å². The van der Waals surface area contributed by atoms with E-state index in [1.807, 2.05) is 0 Å². The normalized spacial score (nSPS) is 14.2. The van der Waals surface area contributed by atoms with Crippen molar-refractivity contribution in [3.63, 3.8) is 0 Å². The summed E-state index contributed by atoms with van der Waals surface area (Å²) in [6, 6.07) is 4.85. The van der Waals surface area contributed by atoms with E-state index in [4.69, 9.17) is 0 Å². The van der Waals surface area contributed by atoms with Crippen LogP contribution in [-0.4, -0.2) is 47.7 Å². The summed E-state index contributed by atoms with van der Waals surface area (Å²) in [5, 5.41) is 13.6. The number of imide groups is 1. The van der Waals surface area contributed by atoms with Crippen molar-refractivity contribution in [3.8, 4) is 0 Å². The van der Waals surface area contributed by atoms with Crippen molar-refractivity contribution in [3.05, 3.63) is 63.2 Å². The standard InChI is InChI=1S/C20H17F3N4O5/c1-10(26-18(29)12-5-4-6-15(27(31)32)16(12)19(26)30)17(28)24-13-9-11(20(21,22)23)7-8-14(13)25(2)3/h4-10H,1-3H3,(H,24,28). The third kappa shape index (κ3) is 3.86. The molecule has 2 aromatic carbocycles. The highest BCUT2D eigenvalue weighted by atomic mass is 19.4. The molecule has 9 nitrogen and oxygen atoms in total. The van der Waals surface area contributed by atoms with Crippen molar-refractivity contribution in [2.24, 2.45) is 0 Å². The molecule has 1 heterocycles. The van der Waals surface area contributed by atoms with Crippen LogP contribution in [0.1, 0.15) is 33.2 Å². The zero-order chi connectivity index (χ0) is 24.0. The van der Waals surface area contributed by atoms with E-state index in [0.717, 1.165) is 18.2 Å². The number of fused-ring (bicyclic) bond motifs is 1. The minimum atomic E-state index is -4.66. The van der Waals surface area contributed by atoms with Gasteiger partial charge >= 0.3 is 6.18 Å². The zero-order valence-electron chi connectivity index (χ0n) is 17.1. The first-order valence-corrected chi connectivity index (χ1v) is 9.19. The second-order valence-corrected chi connectivity index (χ2v) is 7.23. The van der Waals surface area contributed by atoms with Gasteiger partial charge in [0.2, 0.25) is 5.91 Å². The topological polar surface area (TPSA) is 113 Å². The Morgan fingerprint density at radius 1 is 1.16 bits per heavy atom. The molecule has 3 amide bonds. The molecular formula is C20H17F3N4O5. The van der Waals surface area contributed by atoms with Gasteiger partial charge in [0.05, 0.1) is 27.4 Å². The lowest BCUT2D eigenvalue weighted by atomic mass is 10.1. The van der Waals surface area contributed by atoms with Gasteiger partial charge in [0, 0.05) is 20.2 Å². The van der Waals surface area contributed by atoms with E-state index in [1.165, 1.54) is 30.0 Å². The molecule has 0 aliphatic carbocycles. The smallest absolute Gasteiger partial charge is 0.376 e. The molecule has 0 fully saturated rings. The number of hydrogen-bond donors (Lipinski definition) is 1. The van der Waals surface area contributed by atoms with Gasteiger partial charge in [0.1, 0.15) is 11.6 Å².